The van der Waals surface area contributed by atoms with Crippen LogP contribution in [0.4, 0.5) is 0 Å². The maximum Gasteiger partial charge on any atom is 0.331 e. The Kier molecular flexibility index (Phi) is 3.65. The second kappa shape index (κ2) is 5.64. The van der Waals surface area contributed by atoms with Gasteiger partial charge >= 0.3 is 5.97 Å². The molecule has 6 nitrogen and oxygen atoms in total. The molecule has 9 atom stereocenters. The molecule has 6 aliphatic rings. The fourth-order valence-electron chi connectivity index (χ4n) is 9.19. The highest BCUT2D eigenvalue weighted by Gasteiger charge is 2.79. The summed E-state index contributed by atoms with van der Waals surface area (Å²) in [6, 6.07) is 0. The van der Waals surface area contributed by atoms with Crippen LogP contribution in [0.3, 0.4) is 0 Å². The van der Waals surface area contributed by atoms with Gasteiger partial charge in [-0.05, 0) is 74.2 Å². The van der Waals surface area contributed by atoms with E-state index in [1.54, 1.807) is 6.08 Å². The van der Waals surface area contributed by atoms with Crippen molar-refractivity contribution in [3.63, 3.8) is 0 Å². The van der Waals surface area contributed by atoms with E-state index < -0.39 is 29.0 Å². The summed E-state index contributed by atoms with van der Waals surface area (Å²) in [7, 11) is 0. The second-order valence-corrected chi connectivity index (χ2v) is 11.0. The quantitative estimate of drug-likeness (QED) is 0.579. The lowest BCUT2D eigenvalue weighted by Crippen LogP contribution is -2.67. The average Bonchev–Trinajstić information content (AvgIpc) is 3.29. The molecular weight excluding hydrogens is 372 g/mol. The summed E-state index contributed by atoms with van der Waals surface area (Å²) in [6.45, 7) is 2.75. The van der Waals surface area contributed by atoms with Gasteiger partial charge in [-0.1, -0.05) is 6.92 Å². The van der Waals surface area contributed by atoms with Crippen LogP contribution in [-0.4, -0.2) is 51.5 Å². The van der Waals surface area contributed by atoms with Crippen LogP contribution in [0.2, 0.25) is 0 Å². The maximum atomic E-state index is 11.7. The highest BCUT2D eigenvalue weighted by atomic mass is 16.6. The summed E-state index contributed by atoms with van der Waals surface area (Å²) in [5.74, 6) is 0.527. The van der Waals surface area contributed by atoms with E-state index in [4.69, 9.17) is 9.47 Å². The molecule has 1 spiro atoms. The number of aliphatic hydroxyl groups is 3. The number of ether oxygens (including phenoxy) is 2. The van der Waals surface area contributed by atoms with Crippen molar-refractivity contribution in [3.05, 3.63) is 11.6 Å². The number of rotatable bonds is 1. The highest BCUT2D eigenvalue weighted by molar-refractivity contribution is 5.85. The van der Waals surface area contributed by atoms with Crippen LogP contribution in [0.1, 0.15) is 64.7 Å². The fraction of sp³-hybridized carbons (Fsp3) is 0.870. The third-order valence-corrected chi connectivity index (χ3v) is 10.3. The Morgan fingerprint density at radius 2 is 1.86 bits per heavy atom. The van der Waals surface area contributed by atoms with Crippen molar-refractivity contribution in [2.75, 3.05) is 6.61 Å². The van der Waals surface area contributed by atoms with Crippen molar-refractivity contribution in [3.8, 4) is 0 Å². The van der Waals surface area contributed by atoms with Crippen LogP contribution >= 0.6 is 0 Å². The minimum absolute atomic E-state index is 0.0190. The Hall–Kier alpha value is -0.950. The summed E-state index contributed by atoms with van der Waals surface area (Å²) in [4.78, 5) is 11.7. The Bertz CT molecular complexity index is 794. The first-order valence-electron chi connectivity index (χ1n) is 11.4. The van der Waals surface area contributed by atoms with Crippen molar-refractivity contribution >= 4 is 5.97 Å². The van der Waals surface area contributed by atoms with E-state index in [0.29, 0.717) is 44.1 Å². The van der Waals surface area contributed by atoms with Crippen LogP contribution < -0.4 is 0 Å². The number of fused-ring (bicyclic) bond motifs is 1. The Balaban J connectivity index is 1.40. The van der Waals surface area contributed by atoms with Crippen LogP contribution in [0.25, 0.3) is 0 Å². The normalized spacial score (nSPS) is 58.3. The van der Waals surface area contributed by atoms with Gasteiger partial charge in [-0.3, -0.25) is 0 Å². The van der Waals surface area contributed by atoms with E-state index in [1.807, 2.05) is 0 Å². The molecule has 0 aromatic carbocycles. The highest BCUT2D eigenvalue weighted by Crippen LogP contribution is 2.75. The van der Waals surface area contributed by atoms with E-state index in [2.05, 4.69) is 6.92 Å². The van der Waals surface area contributed by atoms with Crippen molar-refractivity contribution < 1.29 is 29.6 Å². The molecular formula is C23H32O6. The van der Waals surface area contributed by atoms with Gasteiger partial charge in [-0.25, -0.2) is 4.79 Å². The smallest absolute Gasteiger partial charge is 0.331 e. The predicted octanol–water partition coefficient (Wildman–Crippen LogP) is 2.06. The van der Waals surface area contributed by atoms with E-state index in [9.17, 15) is 20.1 Å². The summed E-state index contributed by atoms with van der Waals surface area (Å²) in [5, 5.41) is 33.1. The topological polar surface area (TPSA) is 96.2 Å². The SMILES string of the molecule is C[C@]12CC[C@H]3[C@@]4(CC[C@@]5(O)C[C@H](O)CC[C@]35[C@H](O)O4)[C@@H]1CC[C@@H]2C1=CC(=O)OC1. The number of aliphatic hydroxyl groups excluding tert-OH is 2. The summed E-state index contributed by atoms with van der Waals surface area (Å²) in [5.41, 5.74) is -0.967. The number of carbonyl (C=O) groups excluding carboxylic acids is 1. The molecule has 0 unspecified atom stereocenters. The van der Waals surface area contributed by atoms with Gasteiger partial charge in [-0.15, -0.1) is 0 Å². The van der Waals surface area contributed by atoms with E-state index in [1.165, 1.54) is 0 Å². The molecule has 6 heteroatoms. The van der Waals surface area contributed by atoms with Gasteiger partial charge in [0.15, 0.2) is 6.29 Å². The molecule has 0 amide bonds. The third-order valence-electron chi connectivity index (χ3n) is 10.3. The minimum atomic E-state index is -1.05. The molecule has 3 N–H and O–H groups in total. The lowest BCUT2D eigenvalue weighted by molar-refractivity contribution is -0.231. The zero-order valence-corrected chi connectivity index (χ0v) is 17.1. The number of hydrogen-bond donors (Lipinski definition) is 3. The number of hydrogen-bond acceptors (Lipinski definition) is 6. The lowest BCUT2D eigenvalue weighted by Gasteiger charge is -2.63. The molecule has 5 fully saturated rings. The van der Waals surface area contributed by atoms with E-state index >= 15 is 0 Å². The van der Waals surface area contributed by atoms with Crippen LogP contribution in [0.5, 0.6) is 0 Å². The molecule has 2 heterocycles. The van der Waals surface area contributed by atoms with Crippen molar-refractivity contribution in [1.29, 1.82) is 0 Å². The summed E-state index contributed by atoms with van der Waals surface area (Å²) >= 11 is 0. The molecule has 0 aromatic heterocycles. The second-order valence-electron chi connectivity index (χ2n) is 11.0. The largest absolute Gasteiger partial charge is 0.458 e. The number of esters is 1. The van der Waals surface area contributed by atoms with Crippen molar-refractivity contribution in [1.82, 2.24) is 0 Å². The molecule has 160 valence electrons. The lowest BCUT2D eigenvalue weighted by atomic mass is 9.42. The zero-order valence-electron chi connectivity index (χ0n) is 17.1. The van der Waals surface area contributed by atoms with Gasteiger partial charge < -0.3 is 24.8 Å². The van der Waals surface area contributed by atoms with Crippen LogP contribution in [0, 0.1) is 28.6 Å². The summed E-state index contributed by atoms with van der Waals surface area (Å²) < 4.78 is 11.8. The van der Waals surface area contributed by atoms with Gasteiger partial charge in [0.2, 0.25) is 0 Å². The molecule has 6 rings (SSSR count). The fourth-order valence-corrected chi connectivity index (χ4v) is 9.19. The standard InChI is InChI=1S/C23H32O6/c1-20-6-5-17-22-7-4-14(24)11-21(22,27)8-9-23(17,29-19(22)26)16(20)3-2-15(20)13-10-18(25)28-12-13/h10,14-17,19,24,26-27H,2-9,11-12H2,1H3/t14-,15-,16-,17-,19-,20-,21-,22-,23-/m1/s1. The van der Waals surface area contributed by atoms with E-state index in [0.717, 1.165) is 37.7 Å². The van der Waals surface area contributed by atoms with Gasteiger partial charge in [0.25, 0.3) is 0 Å². The molecule has 4 saturated carbocycles. The van der Waals surface area contributed by atoms with Crippen LogP contribution in [0.15, 0.2) is 11.6 Å². The van der Waals surface area contributed by atoms with Gasteiger partial charge in [0, 0.05) is 18.4 Å². The van der Waals surface area contributed by atoms with Crippen molar-refractivity contribution in [2.24, 2.45) is 28.6 Å². The van der Waals surface area contributed by atoms with Crippen LogP contribution in [-0.2, 0) is 14.3 Å². The number of cyclic esters (lactones) is 1. The molecule has 29 heavy (non-hydrogen) atoms. The first kappa shape index (κ1) is 18.8. The monoisotopic (exact) mass is 404 g/mol. The predicted molar refractivity (Wildman–Crippen MR) is 102 cm³/mol. The first-order valence-corrected chi connectivity index (χ1v) is 11.4. The van der Waals surface area contributed by atoms with Gasteiger partial charge in [-0.2, -0.15) is 0 Å². The Morgan fingerprint density at radius 1 is 1.03 bits per heavy atom. The molecule has 1 saturated heterocycles. The molecule has 2 bridgehead atoms. The maximum absolute atomic E-state index is 11.7. The van der Waals surface area contributed by atoms with Crippen molar-refractivity contribution in [2.45, 2.75) is 88.3 Å². The average molecular weight is 405 g/mol. The van der Waals surface area contributed by atoms with E-state index in [-0.39, 0.29) is 17.3 Å². The number of carbonyl (C=O) groups is 1. The van der Waals surface area contributed by atoms with Gasteiger partial charge in [0.1, 0.15) is 6.61 Å². The molecule has 2 aliphatic heterocycles. The third kappa shape index (κ3) is 2.05. The Morgan fingerprint density at radius 3 is 2.62 bits per heavy atom. The molecule has 0 radical (unpaired) electrons. The molecule has 0 aromatic rings. The first-order chi connectivity index (χ1) is 13.8. The summed E-state index contributed by atoms with van der Waals surface area (Å²) in [6.07, 6.45) is 7.10. The minimum Gasteiger partial charge on any atom is -0.458 e. The zero-order chi connectivity index (χ0) is 20.2. The Labute approximate surface area is 171 Å². The van der Waals surface area contributed by atoms with Gasteiger partial charge in [0.05, 0.1) is 22.7 Å². The molecule has 4 aliphatic carbocycles.